The monoisotopic (exact) mass is 254 g/mol. The lowest BCUT2D eigenvalue weighted by atomic mass is 10.0. The van der Waals surface area contributed by atoms with Crippen LogP contribution in [0, 0.1) is 12.3 Å². The molecule has 0 nitrogen and oxygen atoms in total. The van der Waals surface area contributed by atoms with Gasteiger partial charge in [0.2, 0.25) is 0 Å². The van der Waals surface area contributed by atoms with E-state index >= 15 is 0 Å². The Kier molecular flexibility index (Phi) is 3.35. The molecule has 0 fully saturated rings. The molecule has 0 N–H and O–H groups in total. The molecule has 0 unspecified atom stereocenters. The van der Waals surface area contributed by atoms with Gasteiger partial charge < -0.3 is 0 Å². The van der Waals surface area contributed by atoms with Gasteiger partial charge >= 0.3 is 0 Å². The second-order valence-corrected chi connectivity index (χ2v) is 4.67. The van der Waals surface area contributed by atoms with Crippen LogP contribution in [0.5, 0.6) is 0 Å². The van der Waals surface area contributed by atoms with Gasteiger partial charge in [-0.15, -0.1) is 6.42 Å². The summed E-state index contributed by atoms with van der Waals surface area (Å²) in [5, 5.41) is 2.47. The molecular weight excluding hydrogens is 240 g/mol. The van der Waals surface area contributed by atoms with Crippen molar-refractivity contribution < 1.29 is 0 Å². The Balaban J connectivity index is 2.06. The Hall–Kier alpha value is -2.78. The molecule has 3 aromatic rings. The quantitative estimate of drug-likeness (QED) is 0.445. The summed E-state index contributed by atoms with van der Waals surface area (Å²) in [5.74, 6) is 2.78. The van der Waals surface area contributed by atoms with Gasteiger partial charge in [-0.1, -0.05) is 72.7 Å². The Bertz CT molecular complexity index is 802. The second kappa shape index (κ2) is 5.47. The molecule has 0 bridgehead atoms. The first-order chi connectivity index (χ1) is 9.86. The van der Waals surface area contributed by atoms with E-state index in [0.29, 0.717) is 0 Å². The summed E-state index contributed by atoms with van der Waals surface area (Å²) < 4.78 is 0. The highest BCUT2D eigenvalue weighted by Gasteiger charge is 1.99. The van der Waals surface area contributed by atoms with E-state index < -0.39 is 0 Å². The van der Waals surface area contributed by atoms with E-state index in [1.54, 1.807) is 0 Å². The highest BCUT2D eigenvalue weighted by Crippen LogP contribution is 2.21. The lowest BCUT2D eigenvalue weighted by Crippen LogP contribution is -1.81. The van der Waals surface area contributed by atoms with Crippen LogP contribution in [-0.4, -0.2) is 0 Å². The highest BCUT2D eigenvalue weighted by atomic mass is 14.0. The molecule has 0 heterocycles. The van der Waals surface area contributed by atoms with Gasteiger partial charge in [0.05, 0.1) is 0 Å². The first-order valence-corrected chi connectivity index (χ1v) is 6.59. The third kappa shape index (κ3) is 2.48. The normalized spacial score (nSPS) is 11.2. The van der Waals surface area contributed by atoms with Crippen LogP contribution < -0.4 is 0 Å². The summed E-state index contributed by atoms with van der Waals surface area (Å²) >= 11 is 0. The fourth-order valence-electron chi connectivity index (χ4n) is 2.29. The summed E-state index contributed by atoms with van der Waals surface area (Å²) in [6.07, 6.45) is 7.70. The van der Waals surface area contributed by atoms with Crippen LogP contribution >= 0.6 is 0 Å². The minimum Gasteiger partial charge on any atom is -0.115 e. The zero-order valence-corrected chi connectivity index (χ0v) is 11.1. The molecule has 0 saturated carbocycles. The topological polar surface area (TPSA) is 0 Å². The predicted octanol–water partition coefficient (Wildman–Crippen LogP) is 5.01. The summed E-state index contributed by atoms with van der Waals surface area (Å²) in [5.41, 5.74) is 3.10. The minimum atomic E-state index is 0.904. The third-order valence-corrected chi connectivity index (χ3v) is 3.32. The lowest BCUT2D eigenvalue weighted by Gasteiger charge is -2.03. The van der Waals surface area contributed by atoms with Crippen molar-refractivity contribution in [2.45, 2.75) is 0 Å². The molecule has 0 radical (unpaired) electrons. The molecule has 0 amide bonds. The van der Waals surface area contributed by atoms with E-state index in [4.69, 9.17) is 6.42 Å². The number of hydrogen-bond acceptors (Lipinski definition) is 0. The van der Waals surface area contributed by atoms with Crippen LogP contribution in [0.2, 0.25) is 0 Å². The maximum atomic E-state index is 5.65. The molecule has 20 heavy (non-hydrogen) atoms. The number of fused-ring (bicyclic) bond motifs is 1. The van der Waals surface area contributed by atoms with Crippen LogP contribution in [0.1, 0.15) is 11.1 Å². The summed E-state index contributed by atoms with van der Waals surface area (Å²) in [7, 11) is 0. The molecule has 0 atom stereocenters. The number of rotatable bonds is 2. The Morgan fingerprint density at radius 3 is 2.25 bits per heavy atom. The SMILES string of the molecule is C#C/C(=C\c1ccc2ccccc2c1)c1ccccc1. The van der Waals surface area contributed by atoms with E-state index in [-0.39, 0.29) is 0 Å². The molecule has 0 heteroatoms. The molecule has 0 aromatic heterocycles. The van der Waals surface area contributed by atoms with E-state index in [1.165, 1.54) is 10.8 Å². The van der Waals surface area contributed by atoms with Crippen molar-refractivity contribution >= 4 is 22.4 Å². The molecule has 3 aromatic carbocycles. The zero-order valence-electron chi connectivity index (χ0n) is 11.1. The summed E-state index contributed by atoms with van der Waals surface area (Å²) in [6.45, 7) is 0. The number of benzene rings is 3. The Morgan fingerprint density at radius 2 is 1.50 bits per heavy atom. The van der Waals surface area contributed by atoms with E-state index in [1.807, 2.05) is 30.3 Å². The van der Waals surface area contributed by atoms with Gasteiger partial charge in [0.15, 0.2) is 0 Å². The molecule has 0 aliphatic rings. The van der Waals surface area contributed by atoms with E-state index in [9.17, 15) is 0 Å². The van der Waals surface area contributed by atoms with Crippen LogP contribution in [-0.2, 0) is 0 Å². The predicted molar refractivity (Wildman–Crippen MR) is 87.1 cm³/mol. The fraction of sp³-hybridized carbons (Fsp3) is 0. The first kappa shape index (κ1) is 12.3. The largest absolute Gasteiger partial charge is 0.115 e. The van der Waals surface area contributed by atoms with E-state index in [2.05, 4.69) is 54.5 Å². The van der Waals surface area contributed by atoms with Gasteiger partial charge in [-0.3, -0.25) is 0 Å². The number of allylic oxidation sites excluding steroid dienone is 1. The number of hydrogen-bond donors (Lipinski definition) is 0. The smallest absolute Gasteiger partial charge is 0.0320 e. The zero-order chi connectivity index (χ0) is 13.8. The average Bonchev–Trinajstić information content (AvgIpc) is 2.53. The van der Waals surface area contributed by atoms with Gasteiger partial charge in [0.25, 0.3) is 0 Å². The van der Waals surface area contributed by atoms with Crippen molar-refractivity contribution in [3.8, 4) is 12.3 Å². The average molecular weight is 254 g/mol. The van der Waals surface area contributed by atoms with Crippen molar-refractivity contribution in [1.82, 2.24) is 0 Å². The maximum Gasteiger partial charge on any atom is 0.0320 e. The van der Waals surface area contributed by atoms with Gasteiger partial charge in [0, 0.05) is 5.57 Å². The van der Waals surface area contributed by atoms with Crippen molar-refractivity contribution in [1.29, 1.82) is 0 Å². The van der Waals surface area contributed by atoms with Gasteiger partial charge in [-0.05, 0) is 34.0 Å². The summed E-state index contributed by atoms with van der Waals surface area (Å²) in [6, 6.07) is 24.8. The molecule has 0 aliphatic heterocycles. The van der Waals surface area contributed by atoms with Gasteiger partial charge in [-0.25, -0.2) is 0 Å². The second-order valence-electron chi connectivity index (χ2n) is 4.67. The molecular formula is C20H14. The Morgan fingerprint density at radius 1 is 0.800 bits per heavy atom. The van der Waals surface area contributed by atoms with Crippen molar-refractivity contribution in [3.05, 3.63) is 83.9 Å². The maximum absolute atomic E-state index is 5.65. The minimum absolute atomic E-state index is 0.904. The highest BCUT2D eigenvalue weighted by molar-refractivity contribution is 5.93. The van der Waals surface area contributed by atoms with Crippen LogP contribution in [0.4, 0.5) is 0 Å². The van der Waals surface area contributed by atoms with Crippen molar-refractivity contribution in [3.63, 3.8) is 0 Å². The van der Waals surface area contributed by atoms with Crippen molar-refractivity contribution in [2.75, 3.05) is 0 Å². The van der Waals surface area contributed by atoms with Gasteiger partial charge in [0.1, 0.15) is 0 Å². The summed E-state index contributed by atoms with van der Waals surface area (Å²) in [4.78, 5) is 0. The lowest BCUT2D eigenvalue weighted by molar-refractivity contribution is 1.63. The fourth-order valence-corrected chi connectivity index (χ4v) is 2.29. The number of terminal acetylenes is 1. The van der Waals surface area contributed by atoms with Crippen LogP contribution in [0.15, 0.2) is 72.8 Å². The third-order valence-electron chi connectivity index (χ3n) is 3.32. The molecule has 94 valence electrons. The molecule has 0 spiro atoms. The molecule has 0 saturated heterocycles. The molecule has 3 rings (SSSR count). The van der Waals surface area contributed by atoms with Gasteiger partial charge in [-0.2, -0.15) is 0 Å². The van der Waals surface area contributed by atoms with Crippen LogP contribution in [0.25, 0.3) is 22.4 Å². The van der Waals surface area contributed by atoms with Crippen LogP contribution in [0.3, 0.4) is 0 Å². The molecule has 0 aliphatic carbocycles. The van der Waals surface area contributed by atoms with E-state index in [0.717, 1.165) is 16.7 Å². The standard InChI is InChI=1S/C20H14/c1-2-17(18-8-4-3-5-9-18)14-16-12-13-19-10-6-7-11-20(19)15-16/h1,3-15H/b17-14+. The Labute approximate surface area is 119 Å². The van der Waals surface area contributed by atoms with Crippen molar-refractivity contribution in [2.24, 2.45) is 0 Å². The first-order valence-electron chi connectivity index (χ1n) is 6.59.